The van der Waals surface area contributed by atoms with E-state index in [1.54, 1.807) is 0 Å². The molecule has 3 heteroatoms. The largest absolute Gasteiger partial charge is 0.302 e. The van der Waals surface area contributed by atoms with Gasteiger partial charge in [-0.05, 0) is 44.2 Å². The first-order valence-electron chi connectivity index (χ1n) is 4.88. The smallest absolute Gasteiger partial charge is 0.109 e. The van der Waals surface area contributed by atoms with Gasteiger partial charge in [-0.3, -0.25) is 0 Å². The molecule has 0 saturated heterocycles. The highest BCUT2D eigenvalue weighted by atomic mass is 32.2. The Hall–Kier alpha value is -0.200. The molecule has 0 spiro atoms. The van der Waals surface area contributed by atoms with Gasteiger partial charge in [0.1, 0.15) is 5.54 Å². The minimum absolute atomic E-state index is 0.213. The van der Waals surface area contributed by atoms with Crippen molar-refractivity contribution in [3.05, 3.63) is 0 Å². The van der Waals surface area contributed by atoms with Crippen LogP contribution in [0, 0.1) is 17.2 Å². The van der Waals surface area contributed by atoms with Crippen molar-refractivity contribution in [2.75, 3.05) is 19.1 Å². The number of rotatable bonds is 4. The fourth-order valence-corrected chi connectivity index (χ4v) is 2.78. The van der Waals surface area contributed by atoms with Crippen molar-refractivity contribution >= 4 is 11.8 Å². The molecular formula is C10H18N2S. The highest BCUT2D eigenvalue weighted by Crippen LogP contribution is 2.37. The number of nitriles is 1. The lowest BCUT2D eigenvalue weighted by Gasteiger charge is -2.27. The SMILES string of the molecule is CNC1(C#N)CCCC1CCSC. The molecule has 1 N–H and O–H groups in total. The Balaban J connectivity index is 2.57. The molecule has 74 valence electrons. The Morgan fingerprint density at radius 1 is 1.69 bits per heavy atom. The van der Waals surface area contributed by atoms with E-state index < -0.39 is 0 Å². The van der Waals surface area contributed by atoms with Gasteiger partial charge in [0.25, 0.3) is 0 Å². The molecule has 1 saturated carbocycles. The number of hydrogen-bond acceptors (Lipinski definition) is 3. The summed E-state index contributed by atoms with van der Waals surface area (Å²) < 4.78 is 0. The molecule has 0 amide bonds. The topological polar surface area (TPSA) is 35.8 Å². The first kappa shape index (κ1) is 10.9. The van der Waals surface area contributed by atoms with Crippen LogP contribution >= 0.6 is 11.8 Å². The molecule has 0 radical (unpaired) electrons. The zero-order chi connectivity index (χ0) is 9.73. The average molecular weight is 198 g/mol. The van der Waals surface area contributed by atoms with Crippen LogP contribution in [-0.2, 0) is 0 Å². The van der Waals surface area contributed by atoms with E-state index in [0.29, 0.717) is 5.92 Å². The van der Waals surface area contributed by atoms with E-state index in [1.165, 1.54) is 25.0 Å². The molecular weight excluding hydrogens is 180 g/mol. The van der Waals surface area contributed by atoms with Crippen LogP contribution in [0.2, 0.25) is 0 Å². The van der Waals surface area contributed by atoms with E-state index in [1.807, 2.05) is 18.8 Å². The maximum Gasteiger partial charge on any atom is 0.109 e. The summed E-state index contributed by atoms with van der Waals surface area (Å²) in [6, 6.07) is 2.47. The second-order valence-electron chi connectivity index (χ2n) is 3.70. The Bertz CT molecular complexity index is 200. The third-order valence-corrected chi connectivity index (χ3v) is 3.78. The standard InChI is InChI=1S/C10H18N2S/c1-12-10(8-11)6-3-4-9(10)5-7-13-2/h9,12H,3-7H2,1-2H3. The molecule has 0 bridgehead atoms. The minimum atomic E-state index is -0.213. The molecule has 1 aliphatic rings. The summed E-state index contributed by atoms with van der Waals surface area (Å²) >= 11 is 1.87. The molecule has 13 heavy (non-hydrogen) atoms. The van der Waals surface area contributed by atoms with Crippen molar-refractivity contribution in [3.8, 4) is 6.07 Å². The van der Waals surface area contributed by atoms with E-state index in [9.17, 15) is 0 Å². The maximum absolute atomic E-state index is 9.17. The number of thioether (sulfide) groups is 1. The summed E-state index contributed by atoms with van der Waals surface area (Å²) in [5.74, 6) is 1.74. The quantitative estimate of drug-likeness (QED) is 0.750. The highest BCUT2D eigenvalue weighted by Gasteiger charge is 2.41. The monoisotopic (exact) mass is 198 g/mol. The molecule has 0 aromatic rings. The molecule has 0 aromatic heterocycles. The van der Waals surface area contributed by atoms with Gasteiger partial charge in [0.2, 0.25) is 0 Å². The van der Waals surface area contributed by atoms with E-state index in [2.05, 4.69) is 17.6 Å². The van der Waals surface area contributed by atoms with E-state index >= 15 is 0 Å². The van der Waals surface area contributed by atoms with Crippen LogP contribution in [0.15, 0.2) is 0 Å². The van der Waals surface area contributed by atoms with Crippen LogP contribution in [0.5, 0.6) is 0 Å². The normalized spacial score (nSPS) is 33.2. The Morgan fingerprint density at radius 2 is 2.46 bits per heavy atom. The predicted molar refractivity (Wildman–Crippen MR) is 57.7 cm³/mol. The van der Waals surface area contributed by atoms with Crippen LogP contribution in [0.4, 0.5) is 0 Å². The second-order valence-corrected chi connectivity index (χ2v) is 4.69. The van der Waals surface area contributed by atoms with Gasteiger partial charge in [-0.15, -0.1) is 0 Å². The molecule has 1 aliphatic carbocycles. The van der Waals surface area contributed by atoms with Gasteiger partial charge in [-0.1, -0.05) is 6.42 Å². The minimum Gasteiger partial charge on any atom is -0.302 e. The summed E-state index contributed by atoms with van der Waals surface area (Å²) in [6.07, 6.45) is 6.75. The molecule has 2 unspecified atom stereocenters. The van der Waals surface area contributed by atoms with Crippen molar-refractivity contribution in [1.82, 2.24) is 5.32 Å². The summed E-state index contributed by atoms with van der Waals surface area (Å²) in [7, 11) is 1.92. The number of nitrogens with one attached hydrogen (secondary N) is 1. The second kappa shape index (κ2) is 4.88. The van der Waals surface area contributed by atoms with Crippen LogP contribution in [0.1, 0.15) is 25.7 Å². The zero-order valence-corrected chi connectivity index (χ0v) is 9.28. The molecule has 2 atom stereocenters. The van der Waals surface area contributed by atoms with E-state index in [0.717, 1.165) is 6.42 Å². The van der Waals surface area contributed by atoms with Crippen LogP contribution in [0.3, 0.4) is 0 Å². The maximum atomic E-state index is 9.17. The van der Waals surface area contributed by atoms with Crippen molar-refractivity contribution in [1.29, 1.82) is 5.26 Å². The van der Waals surface area contributed by atoms with Gasteiger partial charge in [0.15, 0.2) is 0 Å². The molecule has 1 fully saturated rings. The Kier molecular flexibility index (Phi) is 4.08. The Morgan fingerprint density at radius 3 is 3.00 bits per heavy atom. The van der Waals surface area contributed by atoms with Crippen molar-refractivity contribution in [2.24, 2.45) is 5.92 Å². The van der Waals surface area contributed by atoms with Gasteiger partial charge >= 0.3 is 0 Å². The lowest BCUT2D eigenvalue weighted by molar-refractivity contribution is 0.332. The van der Waals surface area contributed by atoms with Gasteiger partial charge in [-0.25, -0.2) is 0 Å². The highest BCUT2D eigenvalue weighted by molar-refractivity contribution is 7.98. The van der Waals surface area contributed by atoms with Gasteiger partial charge in [0.05, 0.1) is 6.07 Å². The van der Waals surface area contributed by atoms with Crippen molar-refractivity contribution < 1.29 is 0 Å². The summed E-state index contributed by atoms with van der Waals surface area (Å²) in [5.41, 5.74) is -0.213. The van der Waals surface area contributed by atoms with Gasteiger partial charge < -0.3 is 5.32 Å². The summed E-state index contributed by atoms with van der Waals surface area (Å²) in [6.45, 7) is 0. The Labute approximate surface area is 85.1 Å². The van der Waals surface area contributed by atoms with E-state index in [-0.39, 0.29) is 5.54 Å². The zero-order valence-electron chi connectivity index (χ0n) is 8.47. The first-order chi connectivity index (χ1) is 6.29. The fraction of sp³-hybridized carbons (Fsp3) is 0.900. The molecule has 2 nitrogen and oxygen atoms in total. The predicted octanol–water partition coefficient (Wildman–Crippen LogP) is 2.02. The molecule has 0 heterocycles. The fourth-order valence-electron chi connectivity index (χ4n) is 2.26. The molecule has 0 aliphatic heterocycles. The molecule has 0 aromatic carbocycles. The van der Waals surface area contributed by atoms with Crippen molar-refractivity contribution in [3.63, 3.8) is 0 Å². The molecule has 1 rings (SSSR count). The van der Waals surface area contributed by atoms with E-state index in [4.69, 9.17) is 5.26 Å². The van der Waals surface area contributed by atoms with Crippen LogP contribution in [-0.4, -0.2) is 24.6 Å². The van der Waals surface area contributed by atoms with Gasteiger partial charge in [0, 0.05) is 0 Å². The third kappa shape index (κ3) is 2.18. The summed E-state index contributed by atoms with van der Waals surface area (Å²) in [5, 5.41) is 12.4. The number of hydrogen-bond donors (Lipinski definition) is 1. The van der Waals surface area contributed by atoms with Crippen LogP contribution < -0.4 is 5.32 Å². The first-order valence-corrected chi connectivity index (χ1v) is 6.27. The number of nitrogens with zero attached hydrogens (tertiary/aromatic N) is 1. The van der Waals surface area contributed by atoms with Crippen molar-refractivity contribution in [2.45, 2.75) is 31.2 Å². The lowest BCUT2D eigenvalue weighted by Crippen LogP contribution is -2.44. The van der Waals surface area contributed by atoms with Gasteiger partial charge in [-0.2, -0.15) is 17.0 Å². The van der Waals surface area contributed by atoms with Crippen LogP contribution in [0.25, 0.3) is 0 Å². The average Bonchev–Trinajstić information content (AvgIpc) is 2.58. The lowest BCUT2D eigenvalue weighted by atomic mass is 9.87. The third-order valence-electron chi connectivity index (χ3n) is 3.14. The summed E-state index contributed by atoms with van der Waals surface area (Å²) in [4.78, 5) is 0.